The summed E-state index contributed by atoms with van der Waals surface area (Å²) in [6.45, 7) is 2.89. The summed E-state index contributed by atoms with van der Waals surface area (Å²) in [4.78, 5) is 24.9. The van der Waals surface area contributed by atoms with E-state index >= 15 is 0 Å². The Morgan fingerprint density at radius 2 is 2.00 bits per heavy atom. The second-order valence-corrected chi connectivity index (χ2v) is 10.3. The first-order chi connectivity index (χ1) is 17.1. The van der Waals surface area contributed by atoms with Gasteiger partial charge in [0, 0.05) is 67.1 Å². The molecule has 1 unspecified atom stereocenters. The predicted molar refractivity (Wildman–Crippen MR) is 139 cm³/mol. The van der Waals surface area contributed by atoms with Crippen LogP contribution >= 0.6 is 23.5 Å². The topological polar surface area (TPSA) is 126 Å². The maximum absolute atomic E-state index is 12.5. The molecule has 0 bridgehead atoms. The van der Waals surface area contributed by atoms with Crippen molar-refractivity contribution >= 4 is 34.9 Å². The third kappa shape index (κ3) is 5.29. The molecule has 9 nitrogen and oxygen atoms in total. The standard InChI is InChI=1S/C24H24N6O3S2/c25-29-26-13-16(14-31)27-15-4-5-20-22(10-15)34-21-3-1-2-18(24(21)35-20)19-11-17(12-23(32)28-19)30-6-8-33-9-7-30/h1-5,10-12,16,27,31H,6-9,13-14H2,(H,28,32). The largest absolute Gasteiger partial charge is 0.394 e. The van der Waals surface area contributed by atoms with Crippen LogP contribution in [0.5, 0.6) is 0 Å². The number of hydrogen-bond acceptors (Lipinski definition) is 8. The number of H-pyrrole nitrogens is 1. The number of aliphatic hydroxyl groups is 1. The van der Waals surface area contributed by atoms with Gasteiger partial charge in [0.15, 0.2) is 0 Å². The molecule has 3 N–H and O–H groups in total. The van der Waals surface area contributed by atoms with Gasteiger partial charge in [-0.1, -0.05) is 40.8 Å². The van der Waals surface area contributed by atoms with Gasteiger partial charge in [-0.2, -0.15) is 0 Å². The number of fused-ring (bicyclic) bond motifs is 2. The van der Waals surface area contributed by atoms with Crippen LogP contribution in [0.25, 0.3) is 21.7 Å². The first-order valence-electron chi connectivity index (χ1n) is 11.2. The van der Waals surface area contributed by atoms with Gasteiger partial charge in [-0.3, -0.25) is 4.79 Å². The molecule has 35 heavy (non-hydrogen) atoms. The number of nitrogens with one attached hydrogen (secondary N) is 2. The third-order valence-electron chi connectivity index (χ3n) is 5.81. The molecule has 0 amide bonds. The Balaban J connectivity index is 1.43. The van der Waals surface area contributed by atoms with Crippen molar-refractivity contribution in [2.75, 3.05) is 49.7 Å². The Morgan fingerprint density at radius 1 is 1.14 bits per heavy atom. The molecule has 11 heteroatoms. The summed E-state index contributed by atoms with van der Waals surface area (Å²) >= 11 is 3.35. The molecule has 1 fully saturated rings. The predicted octanol–water partition coefficient (Wildman–Crippen LogP) is 4.58. The second kappa shape index (κ2) is 10.7. The van der Waals surface area contributed by atoms with E-state index in [0.29, 0.717) is 13.2 Å². The number of benzene rings is 2. The number of ether oxygens (including phenoxy) is 1. The van der Waals surface area contributed by atoms with E-state index in [1.54, 1.807) is 29.6 Å². The van der Waals surface area contributed by atoms with E-state index in [2.05, 4.69) is 37.4 Å². The van der Waals surface area contributed by atoms with Gasteiger partial charge in [0.25, 0.3) is 0 Å². The molecule has 1 atom stereocenters. The first-order valence-corrected chi connectivity index (χ1v) is 12.9. The highest BCUT2D eigenvalue weighted by Gasteiger charge is 2.22. The van der Waals surface area contributed by atoms with Crippen LogP contribution in [0.4, 0.5) is 11.4 Å². The summed E-state index contributed by atoms with van der Waals surface area (Å²) < 4.78 is 5.46. The zero-order valence-electron chi connectivity index (χ0n) is 18.8. The number of morpholine rings is 1. The number of rotatable bonds is 7. The molecule has 2 aliphatic rings. The van der Waals surface area contributed by atoms with Gasteiger partial charge in [0.05, 0.1) is 31.6 Å². The van der Waals surface area contributed by atoms with Gasteiger partial charge in [0.2, 0.25) is 5.56 Å². The highest BCUT2D eigenvalue weighted by Crippen LogP contribution is 2.52. The van der Waals surface area contributed by atoms with Crippen LogP contribution in [0, 0.1) is 0 Å². The van der Waals surface area contributed by atoms with Gasteiger partial charge < -0.3 is 25.0 Å². The van der Waals surface area contributed by atoms with Gasteiger partial charge in [-0.25, -0.2) is 0 Å². The number of aromatic amines is 1. The zero-order valence-corrected chi connectivity index (χ0v) is 20.4. The summed E-state index contributed by atoms with van der Waals surface area (Å²) in [6, 6.07) is 15.5. The van der Waals surface area contributed by atoms with Crippen molar-refractivity contribution in [1.29, 1.82) is 0 Å². The molecule has 180 valence electrons. The van der Waals surface area contributed by atoms with Crippen LogP contribution in [0.15, 0.2) is 78.0 Å². The lowest BCUT2D eigenvalue weighted by molar-refractivity contribution is 0.122. The summed E-state index contributed by atoms with van der Waals surface area (Å²) in [6.07, 6.45) is 0. The van der Waals surface area contributed by atoms with Gasteiger partial charge in [0.1, 0.15) is 0 Å². The van der Waals surface area contributed by atoms with E-state index < -0.39 is 0 Å². The number of hydrogen-bond donors (Lipinski definition) is 3. The molecule has 5 rings (SSSR count). The maximum Gasteiger partial charge on any atom is 0.250 e. The van der Waals surface area contributed by atoms with Gasteiger partial charge in [-0.15, -0.1) is 0 Å². The number of aromatic nitrogens is 1. The molecule has 0 radical (unpaired) electrons. The maximum atomic E-state index is 12.5. The first kappa shape index (κ1) is 23.7. The monoisotopic (exact) mass is 508 g/mol. The van der Waals surface area contributed by atoms with Crippen molar-refractivity contribution in [3.63, 3.8) is 0 Å². The molecular weight excluding hydrogens is 484 g/mol. The highest BCUT2D eigenvalue weighted by molar-refractivity contribution is 8.05. The van der Waals surface area contributed by atoms with Gasteiger partial charge in [-0.05, 0) is 35.9 Å². The average molecular weight is 509 g/mol. The number of pyridine rings is 1. The minimum atomic E-state index is -0.348. The summed E-state index contributed by atoms with van der Waals surface area (Å²) in [7, 11) is 0. The molecule has 1 aromatic heterocycles. The summed E-state index contributed by atoms with van der Waals surface area (Å²) in [5.41, 5.74) is 12.0. The lowest BCUT2D eigenvalue weighted by atomic mass is 10.1. The fourth-order valence-corrected chi connectivity index (χ4v) is 6.51. The van der Waals surface area contributed by atoms with Crippen LogP contribution in [0.3, 0.4) is 0 Å². The van der Waals surface area contributed by atoms with E-state index in [0.717, 1.165) is 55.3 Å². The third-order valence-corrected chi connectivity index (χ3v) is 8.40. The minimum absolute atomic E-state index is 0.120. The van der Waals surface area contributed by atoms with E-state index in [9.17, 15) is 9.90 Å². The lowest BCUT2D eigenvalue weighted by Gasteiger charge is -2.29. The molecule has 3 aromatic rings. The van der Waals surface area contributed by atoms with Crippen molar-refractivity contribution < 1.29 is 9.84 Å². The SMILES string of the molecule is [N-]=[N+]=NCC(CO)Nc1ccc2c(c1)Sc1cccc(-c3cc(N4CCOCC4)cc(=O)[nH]3)c1S2. The van der Waals surface area contributed by atoms with Crippen molar-refractivity contribution in [1.82, 2.24) is 4.98 Å². The van der Waals surface area contributed by atoms with E-state index in [1.807, 2.05) is 30.3 Å². The molecule has 3 heterocycles. The Hall–Kier alpha value is -3.08. The van der Waals surface area contributed by atoms with Crippen molar-refractivity contribution in [2.45, 2.75) is 25.6 Å². The summed E-state index contributed by atoms with van der Waals surface area (Å²) in [5.74, 6) is 0. The molecule has 0 saturated carbocycles. The Morgan fingerprint density at radius 3 is 2.80 bits per heavy atom. The van der Waals surface area contributed by atoms with Crippen molar-refractivity contribution in [2.24, 2.45) is 5.11 Å². The second-order valence-electron chi connectivity index (χ2n) is 8.15. The van der Waals surface area contributed by atoms with Gasteiger partial charge >= 0.3 is 0 Å². The van der Waals surface area contributed by atoms with Crippen molar-refractivity contribution in [3.8, 4) is 11.3 Å². The smallest absolute Gasteiger partial charge is 0.250 e. The number of aliphatic hydroxyl groups excluding tert-OH is 1. The van der Waals surface area contributed by atoms with Crippen LogP contribution < -0.4 is 15.8 Å². The van der Waals surface area contributed by atoms with Crippen LogP contribution in [0.1, 0.15) is 0 Å². The molecule has 1 saturated heterocycles. The van der Waals surface area contributed by atoms with Crippen LogP contribution in [-0.4, -0.2) is 55.6 Å². The van der Waals surface area contributed by atoms with E-state index in [-0.39, 0.29) is 24.8 Å². The highest BCUT2D eigenvalue weighted by atomic mass is 32.2. The average Bonchev–Trinajstić information content (AvgIpc) is 2.89. The summed E-state index contributed by atoms with van der Waals surface area (Å²) in [5, 5.41) is 16.3. The number of nitrogens with zero attached hydrogens (tertiary/aromatic N) is 4. The molecule has 0 aliphatic carbocycles. The Kier molecular flexibility index (Phi) is 7.21. The number of anilines is 2. The normalized spacial score (nSPS) is 15.5. The lowest BCUT2D eigenvalue weighted by Crippen LogP contribution is -2.36. The molecule has 0 spiro atoms. The Bertz CT molecular complexity index is 1340. The molecule has 2 aromatic carbocycles. The molecule has 2 aliphatic heterocycles. The van der Waals surface area contributed by atoms with Crippen LogP contribution in [-0.2, 0) is 4.74 Å². The fraction of sp³-hybridized carbons (Fsp3) is 0.292. The minimum Gasteiger partial charge on any atom is -0.394 e. The number of azide groups is 1. The van der Waals surface area contributed by atoms with E-state index in [1.165, 1.54) is 0 Å². The zero-order chi connectivity index (χ0) is 24.2. The fourth-order valence-electron chi connectivity index (χ4n) is 4.10. The Labute approximate surface area is 210 Å². The van der Waals surface area contributed by atoms with Crippen LogP contribution in [0.2, 0.25) is 0 Å². The van der Waals surface area contributed by atoms with E-state index in [4.69, 9.17) is 10.3 Å². The molecular formula is C24H24N6O3S2. The van der Waals surface area contributed by atoms with Crippen molar-refractivity contribution in [3.05, 3.63) is 69.3 Å². The quantitative estimate of drug-likeness (QED) is 0.189.